The number of aryl methyl sites for hydroxylation is 1. The molecule has 0 saturated carbocycles. The molecule has 1 amide bonds. The lowest BCUT2D eigenvalue weighted by Gasteiger charge is -2.25. The van der Waals surface area contributed by atoms with E-state index in [-0.39, 0.29) is 23.4 Å². The molecule has 0 bridgehead atoms. The number of hydrogen-bond acceptors (Lipinski definition) is 5. The van der Waals surface area contributed by atoms with Gasteiger partial charge in [-0.3, -0.25) is 9.59 Å². The Labute approximate surface area is 184 Å². The van der Waals surface area contributed by atoms with E-state index in [1.807, 2.05) is 31.2 Å². The number of Topliss-reactive ketones (excluding diaryl/α,β-unsaturated/α-hetero) is 1. The molecule has 1 aromatic heterocycles. The van der Waals surface area contributed by atoms with Crippen molar-refractivity contribution >= 4 is 17.4 Å². The second-order valence-electron chi connectivity index (χ2n) is 7.45. The fourth-order valence-electron chi connectivity index (χ4n) is 3.91. The number of furan rings is 1. The zero-order valence-corrected chi connectivity index (χ0v) is 17.7. The SMILES string of the molecule is CCc1ccc(C2/C(=C(\O)c3cc(F)ccc3OC)C(=O)C(=O)N2Cc2ccco2)cc1. The summed E-state index contributed by atoms with van der Waals surface area (Å²) >= 11 is 0. The minimum absolute atomic E-state index is 0.00123. The van der Waals surface area contributed by atoms with Crippen LogP contribution >= 0.6 is 0 Å². The molecule has 1 fully saturated rings. The Kier molecular flexibility index (Phi) is 5.81. The molecule has 3 aromatic rings. The van der Waals surface area contributed by atoms with Crippen LogP contribution in [-0.4, -0.2) is 28.8 Å². The van der Waals surface area contributed by atoms with Crippen LogP contribution in [0.1, 0.15) is 35.4 Å². The van der Waals surface area contributed by atoms with Gasteiger partial charge < -0.3 is 19.2 Å². The molecule has 164 valence electrons. The smallest absolute Gasteiger partial charge is 0.296 e. The number of carbonyl (C=O) groups excluding carboxylic acids is 2. The Hall–Kier alpha value is -3.87. The van der Waals surface area contributed by atoms with Crippen molar-refractivity contribution in [1.29, 1.82) is 0 Å². The summed E-state index contributed by atoms with van der Waals surface area (Å²) in [4.78, 5) is 27.4. The number of rotatable bonds is 6. The topological polar surface area (TPSA) is 80.0 Å². The van der Waals surface area contributed by atoms with E-state index in [1.165, 1.54) is 30.4 Å². The molecule has 2 aromatic carbocycles. The summed E-state index contributed by atoms with van der Waals surface area (Å²) in [6, 6.07) is 13.6. The standard InChI is InChI=1S/C25H22FNO5/c1-3-15-6-8-16(9-7-15)22-21(23(28)19-13-17(26)10-11-20(19)31-2)24(29)25(30)27(22)14-18-5-4-12-32-18/h4-13,22,28H,3,14H2,1-2H3/b23-21+. The summed E-state index contributed by atoms with van der Waals surface area (Å²) in [5.41, 5.74) is 1.60. The minimum atomic E-state index is -0.876. The van der Waals surface area contributed by atoms with E-state index < -0.39 is 29.3 Å². The highest BCUT2D eigenvalue weighted by molar-refractivity contribution is 6.46. The van der Waals surface area contributed by atoms with Crippen LogP contribution in [0.2, 0.25) is 0 Å². The third-order valence-electron chi connectivity index (χ3n) is 5.57. The summed E-state index contributed by atoms with van der Waals surface area (Å²) in [6.45, 7) is 2.06. The monoisotopic (exact) mass is 435 g/mol. The number of amides is 1. The summed E-state index contributed by atoms with van der Waals surface area (Å²) in [6.07, 6.45) is 2.31. The quantitative estimate of drug-likeness (QED) is 0.347. The number of ether oxygens (including phenoxy) is 1. The molecule has 6 nitrogen and oxygen atoms in total. The molecule has 1 N–H and O–H groups in total. The lowest BCUT2D eigenvalue weighted by Crippen LogP contribution is -2.29. The maximum atomic E-state index is 14.0. The van der Waals surface area contributed by atoms with Crippen LogP contribution in [0, 0.1) is 5.82 Å². The number of methoxy groups -OCH3 is 1. The van der Waals surface area contributed by atoms with Gasteiger partial charge in [0.15, 0.2) is 0 Å². The second kappa shape index (κ2) is 8.70. The number of benzene rings is 2. The van der Waals surface area contributed by atoms with Crippen molar-refractivity contribution in [3.8, 4) is 5.75 Å². The van der Waals surface area contributed by atoms with Gasteiger partial charge in [-0.25, -0.2) is 4.39 Å². The molecule has 4 rings (SSSR count). The van der Waals surface area contributed by atoms with Crippen molar-refractivity contribution < 1.29 is 28.2 Å². The molecule has 32 heavy (non-hydrogen) atoms. The zero-order valence-electron chi connectivity index (χ0n) is 17.7. The zero-order chi connectivity index (χ0) is 22.8. The van der Waals surface area contributed by atoms with Crippen LogP contribution in [0.4, 0.5) is 4.39 Å². The molecule has 1 unspecified atom stereocenters. The molecule has 2 heterocycles. The fraction of sp³-hybridized carbons (Fsp3) is 0.200. The van der Waals surface area contributed by atoms with Crippen LogP contribution in [0.15, 0.2) is 70.9 Å². The first-order valence-corrected chi connectivity index (χ1v) is 10.2. The fourth-order valence-corrected chi connectivity index (χ4v) is 3.91. The average Bonchev–Trinajstić information content (AvgIpc) is 3.41. The van der Waals surface area contributed by atoms with Gasteiger partial charge in [0.25, 0.3) is 11.7 Å². The largest absolute Gasteiger partial charge is 0.507 e. The van der Waals surface area contributed by atoms with Gasteiger partial charge in [0, 0.05) is 0 Å². The molecule has 1 atom stereocenters. The van der Waals surface area contributed by atoms with E-state index in [0.717, 1.165) is 18.1 Å². The molecule has 7 heteroatoms. The molecule has 0 spiro atoms. The van der Waals surface area contributed by atoms with Crippen molar-refractivity contribution in [2.45, 2.75) is 25.9 Å². The van der Waals surface area contributed by atoms with E-state index in [4.69, 9.17) is 9.15 Å². The van der Waals surface area contributed by atoms with Crippen molar-refractivity contribution in [2.75, 3.05) is 7.11 Å². The number of hydrogen-bond donors (Lipinski definition) is 1. The minimum Gasteiger partial charge on any atom is -0.507 e. The van der Waals surface area contributed by atoms with Gasteiger partial charge in [-0.05, 0) is 47.9 Å². The first kappa shape index (κ1) is 21.4. The van der Waals surface area contributed by atoms with E-state index in [0.29, 0.717) is 11.3 Å². The number of likely N-dealkylation sites (tertiary alicyclic amines) is 1. The Morgan fingerprint density at radius 1 is 1.16 bits per heavy atom. The van der Waals surface area contributed by atoms with Crippen LogP contribution < -0.4 is 4.74 Å². The van der Waals surface area contributed by atoms with Crippen molar-refractivity contribution in [1.82, 2.24) is 4.90 Å². The molecular weight excluding hydrogens is 413 g/mol. The van der Waals surface area contributed by atoms with E-state index in [9.17, 15) is 19.1 Å². The summed E-state index contributed by atoms with van der Waals surface area (Å²) < 4.78 is 24.6. The Bertz CT molecular complexity index is 1180. The third-order valence-corrected chi connectivity index (χ3v) is 5.57. The van der Waals surface area contributed by atoms with E-state index >= 15 is 0 Å². The first-order valence-electron chi connectivity index (χ1n) is 10.2. The maximum absolute atomic E-state index is 14.0. The Morgan fingerprint density at radius 2 is 1.91 bits per heavy atom. The van der Waals surface area contributed by atoms with Gasteiger partial charge in [0.1, 0.15) is 23.1 Å². The summed E-state index contributed by atoms with van der Waals surface area (Å²) in [5.74, 6) is -2.06. The number of aliphatic hydroxyl groups is 1. The summed E-state index contributed by atoms with van der Waals surface area (Å²) in [5, 5.41) is 11.1. The molecule has 0 radical (unpaired) electrons. The molecule has 1 saturated heterocycles. The average molecular weight is 435 g/mol. The van der Waals surface area contributed by atoms with Gasteiger partial charge in [-0.15, -0.1) is 0 Å². The maximum Gasteiger partial charge on any atom is 0.296 e. The number of nitrogens with zero attached hydrogens (tertiary/aromatic N) is 1. The van der Waals surface area contributed by atoms with Gasteiger partial charge in [-0.1, -0.05) is 31.2 Å². The number of ketones is 1. The highest BCUT2D eigenvalue weighted by Crippen LogP contribution is 2.41. The Morgan fingerprint density at radius 3 is 2.53 bits per heavy atom. The first-order chi connectivity index (χ1) is 15.4. The molecule has 1 aliphatic heterocycles. The molecular formula is C25H22FNO5. The molecule has 1 aliphatic rings. The van der Waals surface area contributed by atoms with Crippen molar-refractivity contribution in [3.63, 3.8) is 0 Å². The number of aliphatic hydroxyl groups excluding tert-OH is 1. The third kappa shape index (κ3) is 3.77. The Balaban J connectivity index is 1.90. The van der Waals surface area contributed by atoms with E-state index in [1.54, 1.807) is 12.1 Å². The van der Waals surface area contributed by atoms with Gasteiger partial charge in [0.05, 0.1) is 37.1 Å². The molecule has 0 aliphatic carbocycles. The predicted octanol–water partition coefficient (Wildman–Crippen LogP) is 4.61. The summed E-state index contributed by atoms with van der Waals surface area (Å²) in [7, 11) is 1.38. The van der Waals surface area contributed by atoms with Crippen LogP contribution in [0.5, 0.6) is 5.75 Å². The number of carbonyl (C=O) groups is 2. The van der Waals surface area contributed by atoms with E-state index in [2.05, 4.69) is 0 Å². The van der Waals surface area contributed by atoms with Crippen molar-refractivity contribution in [2.24, 2.45) is 0 Å². The van der Waals surface area contributed by atoms with Gasteiger partial charge >= 0.3 is 0 Å². The van der Waals surface area contributed by atoms with Crippen molar-refractivity contribution in [3.05, 3.63) is 94.7 Å². The highest BCUT2D eigenvalue weighted by atomic mass is 19.1. The van der Waals surface area contributed by atoms with Gasteiger partial charge in [-0.2, -0.15) is 0 Å². The number of halogens is 1. The normalized spacial score (nSPS) is 17.7. The van der Waals surface area contributed by atoms with Crippen LogP contribution in [0.25, 0.3) is 5.76 Å². The lowest BCUT2D eigenvalue weighted by atomic mass is 9.94. The lowest BCUT2D eigenvalue weighted by molar-refractivity contribution is -0.140. The second-order valence-corrected chi connectivity index (χ2v) is 7.45. The highest BCUT2D eigenvalue weighted by Gasteiger charge is 2.46. The predicted molar refractivity (Wildman–Crippen MR) is 115 cm³/mol. The van der Waals surface area contributed by atoms with Crippen LogP contribution in [0.3, 0.4) is 0 Å². The van der Waals surface area contributed by atoms with Gasteiger partial charge in [0.2, 0.25) is 0 Å². The van der Waals surface area contributed by atoms with Crippen LogP contribution in [-0.2, 0) is 22.6 Å².